The molecule has 42 heavy (non-hydrogen) atoms. The van der Waals surface area contributed by atoms with E-state index in [0.717, 1.165) is 11.1 Å². The lowest BCUT2D eigenvalue weighted by atomic mass is 9.92. The third-order valence-electron chi connectivity index (χ3n) is 7.23. The number of rotatable bonds is 10. The highest BCUT2D eigenvalue weighted by atomic mass is 35.5. The average molecular weight is 623 g/mol. The van der Waals surface area contributed by atoms with Crippen molar-refractivity contribution in [2.24, 2.45) is 5.73 Å². The first-order valence-corrected chi connectivity index (χ1v) is 14.7. The van der Waals surface area contributed by atoms with Gasteiger partial charge in [0.1, 0.15) is 12.1 Å². The molecule has 2 aromatic rings. The molecule has 0 unspecified atom stereocenters. The molecule has 2 atom stereocenters. The van der Waals surface area contributed by atoms with Crippen LogP contribution >= 0.6 is 23.2 Å². The largest absolute Gasteiger partial charge is 0.342 e. The third-order valence-corrected chi connectivity index (χ3v) is 8.01. The fourth-order valence-electron chi connectivity index (χ4n) is 5.08. The number of hydrogen-bond acceptors (Lipinski definition) is 5. The standard InChI is InChI=1S/C30H38Cl2FN5O4/c1-5-38(30(2,3)4)25(40)13-12-24(39)37-17-19-9-7-6-8-18(19)16-23(37)29(42)36-22(14-15-34)28(41)35-21-11-10-20(31)26(32)27(21)33/h6-11,22-23H,5,12-17,34H2,1-4H3,(H,35,41)(H,36,42)/t22-,23-/m0/s1. The van der Waals surface area contributed by atoms with E-state index in [2.05, 4.69) is 10.6 Å². The average Bonchev–Trinajstić information content (AvgIpc) is 2.94. The van der Waals surface area contributed by atoms with Gasteiger partial charge in [-0.2, -0.15) is 0 Å². The van der Waals surface area contributed by atoms with Gasteiger partial charge in [0.05, 0.1) is 15.7 Å². The first kappa shape index (κ1) is 33.3. The zero-order valence-electron chi connectivity index (χ0n) is 24.3. The number of carbonyl (C=O) groups is 4. The molecular formula is C30H38Cl2FN5O4. The highest BCUT2D eigenvalue weighted by Gasteiger charge is 2.36. The van der Waals surface area contributed by atoms with E-state index in [1.54, 1.807) is 4.90 Å². The molecule has 1 heterocycles. The van der Waals surface area contributed by atoms with Crippen LogP contribution in [-0.4, -0.2) is 64.1 Å². The van der Waals surface area contributed by atoms with Crippen LogP contribution in [0.3, 0.4) is 0 Å². The lowest BCUT2D eigenvalue weighted by Crippen LogP contribution is -2.56. The SMILES string of the molecule is CCN(C(=O)CCC(=O)N1Cc2ccccc2C[C@H]1C(=O)N[C@@H](CCN)C(=O)Nc1ccc(Cl)c(Cl)c1F)C(C)(C)C. The second kappa shape index (κ2) is 14.3. The molecule has 0 fully saturated rings. The molecule has 3 rings (SSSR count). The molecule has 0 aliphatic carbocycles. The summed E-state index contributed by atoms with van der Waals surface area (Å²) in [5, 5.41) is 4.78. The molecule has 1 aliphatic heterocycles. The van der Waals surface area contributed by atoms with Crippen LogP contribution in [-0.2, 0) is 32.1 Å². The molecule has 0 spiro atoms. The van der Waals surface area contributed by atoms with Crippen LogP contribution in [0.5, 0.6) is 0 Å². The summed E-state index contributed by atoms with van der Waals surface area (Å²) >= 11 is 11.7. The molecule has 2 aromatic carbocycles. The summed E-state index contributed by atoms with van der Waals surface area (Å²) in [6.07, 6.45) is 0.222. The van der Waals surface area contributed by atoms with Crippen LogP contribution < -0.4 is 16.4 Å². The normalized spacial score (nSPS) is 15.4. The zero-order valence-corrected chi connectivity index (χ0v) is 25.8. The number of nitrogens with two attached hydrogens (primary N) is 1. The van der Waals surface area contributed by atoms with E-state index in [1.807, 2.05) is 52.0 Å². The van der Waals surface area contributed by atoms with Gasteiger partial charge >= 0.3 is 0 Å². The van der Waals surface area contributed by atoms with Gasteiger partial charge < -0.3 is 26.2 Å². The highest BCUT2D eigenvalue weighted by molar-refractivity contribution is 6.42. The maximum Gasteiger partial charge on any atom is 0.247 e. The van der Waals surface area contributed by atoms with Gasteiger partial charge in [-0.05, 0) is 63.9 Å². The minimum absolute atomic E-state index is 0.00382. The Bertz CT molecular complexity index is 1330. The first-order valence-electron chi connectivity index (χ1n) is 13.9. The van der Waals surface area contributed by atoms with Gasteiger partial charge in [-0.25, -0.2) is 4.39 Å². The lowest BCUT2D eigenvalue weighted by Gasteiger charge is -2.37. The maximum atomic E-state index is 14.6. The summed E-state index contributed by atoms with van der Waals surface area (Å²) in [7, 11) is 0. The van der Waals surface area contributed by atoms with E-state index in [-0.39, 0.29) is 71.9 Å². The fourth-order valence-corrected chi connectivity index (χ4v) is 5.39. The van der Waals surface area contributed by atoms with Crippen LogP contribution in [0.25, 0.3) is 0 Å². The summed E-state index contributed by atoms with van der Waals surface area (Å²) in [6, 6.07) is 8.06. The number of nitrogens with one attached hydrogen (secondary N) is 2. The summed E-state index contributed by atoms with van der Waals surface area (Å²) < 4.78 is 14.6. The first-order chi connectivity index (χ1) is 19.8. The fraction of sp³-hybridized carbons (Fsp3) is 0.467. The molecular weight excluding hydrogens is 584 g/mol. The van der Waals surface area contributed by atoms with E-state index < -0.39 is 29.7 Å². The second-order valence-electron chi connectivity index (χ2n) is 11.2. The van der Waals surface area contributed by atoms with Crippen LogP contribution in [0, 0.1) is 5.82 Å². The Balaban J connectivity index is 1.79. The molecule has 0 bridgehead atoms. The molecule has 0 saturated heterocycles. The number of carbonyl (C=O) groups excluding carboxylic acids is 4. The van der Waals surface area contributed by atoms with Gasteiger partial charge in [0, 0.05) is 37.9 Å². The lowest BCUT2D eigenvalue weighted by molar-refractivity contribution is -0.145. The minimum atomic E-state index is -1.11. The van der Waals surface area contributed by atoms with Crippen molar-refractivity contribution in [2.75, 3.05) is 18.4 Å². The van der Waals surface area contributed by atoms with Crippen LogP contribution in [0.1, 0.15) is 58.1 Å². The van der Waals surface area contributed by atoms with Crippen LogP contribution in [0.2, 0.25) is 10.0 Å². The van der Waals surface area contributed by atoms with Gasteiger partial charge in [0.2, 0.25) is 23.6 Å². The summed E-state index contributed by atoms with van der Waals surface area (Å²) in [5.74, 6) is -2.66. The number of amides is 4. The zero-order chi connectivity index (χ0) is 31.2. The van der Waals surface area contributed by atoms with Crippen molar-refractivity contribution in [3.8, 4) is 0 Å². The van der Waals surface area contributed by atoms with Crippen molar-refractivity contribution in [2.45, 2.75) is 77.5 Å². The molecule has 4 amide bonds. The Morgan fingerprint density at radius 2 is 1.76 bits per heavy atom. The van der Waals surface area contributed by atoms with Crippen LogP contribution in [0.4, 0.5) is 10.1 Å². The van der Waals surface area contributed by atoms with E-state index in [1.165, 1.54) is 17.0 Å². The molecule has 228 valence electrons. The Hall–Kier alpha value is -3.21. The Morgan fingerprint density at radius 3 is 2.38 bits per heavy atom. The van der Waals surface area contributed by atoms with Gasteiger partial charge in [0.15, 0.2) is 5.82 Å². The molecule has 0 saturated carbocycles. The predicted molar refractivity (Wildman–Crippen MR) is 162 cm³/mol. The van der Waals surface area contributed by atoms with E-state index >= 15 is 0 Å². The third kappa shape index (κ3) is 7.99. The van der Waals surface area contributed by atoms with E-state index in [4.69, 9.17) is 28.9 Å². The van der Waals surface area contributed by atoms with Gasteiger partial charge in [0.25, 0.3) is 0 Å². The molecule has 1 aliphatic rings. The van der Waals surface area contributed by atoms with Crippen molar-refractivity contribution in [1.29, 1.82) is 0 Å². The number of anilines is 1. The van der Waals surface area contributed by atoms with E-state index in [9.17, 15) is 23.6 Å². The Morgan fingerprint density at radius 1 is 1.10 bits per heavy atom. The predicted octanol–water partition coefficient (Wildman–Crippen LogP) is 4.29. The quantitative estimate of drug-likeness (QED) is 0.341. The van der Waals surface area contributed by atoms with Gasteiger partial charge in [-0.1, -0.05) is 47.5 Å². The Labute approximate surface area is 255 Å². The number of halogens is 3. The minimum Gasteiger partial charge on any atom is -0.342 e. The molecule has 9 nitrogen and oxygen atoms in total. The summed E-state index contributed by atoms with van der Waals surface area (Å²) in [6.45, 7) is 8.43. The second-order valence-corrected chi connectivity index (χ2v) is 12.0. The maximum absolute atomic E-state index is 14.6. The molecule has 0 radical (unpaired) electrons. The number of nitrogens with zero attached hydrogens (tertiary/aromatic N) is 2. The molecule has 12 heteroatoms. The van der Waals surface area contributed by atoms with Crippen molar-refractivity contribution in [3.05, 3.63) is 63.4 Å². The van der Waals surface area contributed by atoms with Gasteiger partial charge in [-0.3, -0.25) is 19.2 Å². The highest BCUT2D eigenvalue weighted by Crippen LogP contribution is 2.30. The number of hydrogen-bond donors (Lipinski definition) is 3. The summed E-state index contributed by atoms with van der Waals surface area (Å²) in [4.78, 5) is 56.3. The van der Waals surface area contributed by atoms with Crippen molar-refractivity contribution in [3.63, 3.8) is 0 Å². The van der Waals surface area contributed by atoms with Crippen molar-refractivity contribution >= 4 is 52.5 Å². The Kier molecular flexibility index (Phi) is 11.3. The molecule has 0 aromatic heterocycles. The van der Waals surface area contributed by atoms with Gasteiger partial charge in [-0.15, -0.1) is 0 Å². The summed E-state index contributed by atoms with van der Waals surface area (Å²) in [5.41, 5.74) is 6.93. The van der Waals surface area contributed by atoms with Crippen molar-refractivity contribution in [1.82, 2.24) is 15.1 Å². The number of benzene rings is 2. The van der Waals surface area contributed by atoms with Crippen molar-refractivity contribution < 1.29 is 23.6 Å². The monoisotopic (exact) mass is 621 g/mol. The smallest absolute Gasteiger partial charge is 0.247 e. The number of fused-ring (bicyclic) bond motifs is 1. The van der Waals surface area contributed by atoms with Crippen LogP contribution in [0.15, 0.2) is 36.4 Å². The molecule has 4 N–H and O–H groups in total. The topological polar surface area (TPSA) is 125 Å². The van der Waals surface area contributed by atoms with E-state index in [0.29, 0.717) is 6.54 Å².